The summed E-state index contributed by atoms with van der Waals surface area (Å²) in [6.07, 6.45) is 1.44. The number of carboxylic acids is 1. The molecule has 0 unspecified atom stereocenters. The highest BCUT2D eigenvalue weighted by Gasteiger charge is 2.36. The third-order valence-electron chi connectivity index (χ3n) is 5.36. The maximum Gasteiger partial charge on any atom is 0.326 e. The van der Waals surface area contributed by atoms with E-state index in [0.29, 0.717) is 26.0 Å². The predicted molar refractivity (Wildman–Crippen MR) is 96.0 cm³/mol. The van der Waals surface area contributed by atoms with Gasteiger partial charge in [0.2, 0.25) is 5.91 Å². The summed E-state index contributed by atoms with van der Waals surface area (Å²) < 4.78 is 5.67. The summed E-state index contributed by atoms with van der Waals surface area (Å²) in [6, 6.07) is 14.7. The fourth-order valence-electron chi connectivity index (χ4n) is 3.96. The second-order valence-corrected chi connectivity index (χ2v) is 6.92. The quantitative estimate of drug-likeness (QED) is 0.923. The number of rotatable bonds is 3. The van der Waals surface area contributed by atoms with Crippen molar-refractivity contribution in [1.82, 2.24) is 4.90 Å². The fourth-order valence-corrected chi connectivity index (χ4v) is 3.96. The Balaban J connectivity index is 1.57. The number of hydrogen-bond donors (Lipinski definition) is 1. The minimum absolute atomic E-state index is 0.0686. The number of aliphatic carboxylic acids is 1. The lowest BCUT2D eigenvalue weighted by molar-refractivity contribution is -0.151. The molecule has 0 saturated heterocycles. The van der Waals surface area contributed by atoms with Gasteiger partial charge in [0.1, 0.15) is 11.8 Å². The molecule has 1 N–H and O–H groups in total. The SMILES string of the molecule is O=C(O)[C@@H]1Cc2ccccc2CN1C(=O)C[C@H]1CCOc2ccccc21. The van der Waals surface area contributed by atoms with Crippen LogP contribution in [0.15, 0.2) is 48.5 Å². The molecule has 0 bridgehead atoms. The number of amides is 1. The Morgan fingerprint density at radius 1 is 1.08 bits per heavy atom. The molecular formula is C21H21NO4. The molecule has 2 aliphatic heterocycles. The number of carbonyl (C=O) groups excluding carboxylic acids is 1. The molecule has 0 spiro atoms. The molecule has 0 aliphatic carbocycles. The topological polar surface area (TPSA) is 66.8 Å². The second kappa shape index (κ2) is 6.83. The van der Waals surface area contributed by atoms with Crippen molar-refractivity contribution in [3.63, 3.8) is 0 Å². The first-order valence-electron chi connectivity index (χ1n) is 8.94. The number of carbonyl (C=O) groups is 2. The van der Waals surface area contributed by atoms with E-state index in [2.05, 4.69) is 0 Å². The van der Waals surface area contributed by atoms with Crippen LogP contribution in [0.4, 0.5) is 0 Å². The Morgan fingerprint density at radius 3 is 2.62 bits per heavy atom. The van der Waals surface area contributed by atoms with Crippen LogP contribution in [0.5, 0.6) is 5.75 Å². The summed E-state index contributed by atoms with van der Waals surface area (Å²) in [5.74, 6) is -0.150. The molecule has 2 heterocycles. The number of carboxylic acid groups (broad SMARTS) is 1. The van der Waals surface area contributed by atoms with Crippen LogP contribution < -0.4 is 4.74 Å². The van der Waals surface area contributed by atoms with Gasteiger partial charge in [-0.1, -0.05) is 42.5 Å². The lowest BCUT2D eigenvalue weighted by Crippen LogP contribution is -2.49. The highest BCUT2D eigenvalue weighted by atomic mass is 16.5. The van der Waals surface area contributed by atoms with E-state index in [9.17, 15) is 14.7 Å². The van der Waals surface area contributed by atoms with Crippen LogP contribution in [-0.4, -0.2) is 34.5 Å². The van der Waals surface area contributed by atoms with Crippen molar-refractivity contribution in [1.29, 1.82) is 0 Å². The van der Waals surface area contributed by atoms with E-state index in [-0.39, 0.29) is 11.8 Å². The normalized spacial score (nSPS) is 21.3. The van der Waals surface area contributed by atoms with Crippen LogP contribution in [0.2, 0.25) is 0 Å². The van der Waals surface area contributed by atoms with Crippen LogP contribution in [0.1, 0.15) is 35.4 Å². The smallest absolute Gasteiger partial charge is 0.326 e. The number of nitrogens with zero attached hydrogens (tertiary/aromatic N) is 1. The van der Waals surface area contributed by atoms with Gasteiger partial charge in [-0.05, 0) is 35.1 Å². The molecule has 134 valence electrons. The zero-order chi connectivity index (χ0) is 18.1. The van der Waals surface area contributed by atoms with Crippen LogP contribution >= 0.6 is 0 Å². The zero-order valence-electron chi connectivity index (χ0n) is 14.4. The van der Waals surface area contributed by atoms with E-state index in [1.54, 1.807) is 0 Å². The Labute approximate surface area is 152 Å². The average Bonchev–Trinajstić information content (AvgIpc) is 2.67. The number of para-hydroxylation sites is 1. The monoisotopic (exact) mass is 351 g/mol. The molecule has 1 amide bonds. The molecule has 2 atom stereocenters. The van der Waals surface area contributed by atoms with Gasteiger partial charge in [-0.15, -0.1) is 0 Å². The number of ether oxygens (including phenoxy) is 1. The Bertz CT molecular complexity index is 847. The molecule has 2 aliphatic rings. The van der Waals surface area contributed by atoms with Crippen molar-refractivity contribution in [2.45, 2.75) is 37.8 Å². The molecule has 4 rings (SSSR count). The van der Waals surface area contributed by atoms with Crippen molar-refractivity contribution in [2.24, 2.45) is 0 Å². The van der Waals surface area contributed by atoms with Crippen molar-refractivity contribution in [3.8, 4) is 5.75 Å². The number of fused-ring (bicyclic) bond motifs is 2. The highest BCUT2D eigenvalue weighted by Crippen LogP contribution is 2.36. The van der Waals surface area contributed by atoms with Crippen molar-refractivity contribution in [2.75, 3.05) is 6.61 Å². The van der Waals surface area contributed by atoms with Crippen LogP contribution in [0.25, 0.3) is 0 Å². The first-order chi connectivity index (χ1) is 12.6. The van der Waals surface area contributed by atoms with E-state index < -0.39 is 12.0 Å². The Kier molecular flexibility index (Phi) is 4.37. The summed E-state index contributed by atoms with van der Waals surface area (Å²) in [5.41, 5.74) is 3.09. The van der Waals surface area contributed by atoms with E-state index in [1.807, 2.05) is 48.5 Å². The molecule has 5 heteroatoms. The van der Waals surface area contributed by atoms with Gasteiger partial charge in [0.05, 0.1) is 6.61 Å². The van der Waals surface area contributed by atoms with Gasteiger partial charge in [0.15, 0.2) is 0 Å². The molecule has 0 fully saturated rings. The molecular weight excluding hydrogens is 330 g/mol. The molecule has 0 aromatic heterocycles. The highest BCUT2D eigenvalue weighted by molar-refractivity contribution is 5.85. The largest absolute Gasteiger partial charge is 0.493 e. The first-order valence-corrected chi connectivity index (χ1v) is 8.94. The summed E-state index contributed by atoms with van der Waals surface area (Å²) in [4.78, 5) is 26.3. The van der Waals surface area contributed by atoms with E-state index in [0.717, 1.165) is 28.9 Å². The Morgan fingerprint density at radius 2 is 1.81 bits per heavy atom. The maximum absolute atomic E-state index is 13.0. The molecule has 2 aromatic rings. The van der Waals surface area contributed by atoms with Gasteiger partial charge >= 0.3 is 5.97 Å². The number of benzene rings is 2. The second-order valence-electron chi connectivity index (χ2n) is 6.92. The van der Waals surface area contributed by atoms with Crippen molar-refractivity contribution >= 4 is 11.9 Å². The molecule has 0 radical (unpaired) electrons. The van der Waals surface area contributed by atoms with Gasteiger partial charge in [-0.3, -0.25) is 4.79 Å². The van der Waals surface area contributed by atoms with Crippen LogP contribution in [0.3, 0.4) is 0 Å². The van der Waals surface area contributed by atoms with Crippen LogP contribution in [0, 0.1) is 0 Å². The van der Waals surface area contributed by atoms with Crippen molar-refractivity contribution in [3.05, 3.63) is 65.2 Å². The van der Waals surface area contributed by atoms with E-state index in [4.69, 9.17) is 4.74 Å². The fraction of sp³-hybridized carbons (Fsp3) is 0.333. The number of hydrogen-bond acceptors (Lipinski definition) is 3. The third kappa shape index (κ3) is 3.05. The van der Waals surface area contributed by atoms with Gasteiger partial charge in [0.25, 0.3) is 0 Å². The van der Waals surface area contributed by atoms with Gasteiger partial charge in [-0.2, -0.15) is 0 Å². The van der Waals surface area contributed by atoms with E-state index >= 15 is 0 Å². The minimum Gasteiger partial charge on any atom is -0.493 e. The molecule has 2 aromatic carbocycles. The lowest BCUT2D eigenvalue weighted by Gasteiger charge is -2.36. The summed E-state index contributed by atoms with van der Waals surface area (Å²) in [5, 5.41) is 9.63. The molecule has 5 nitrogen and oxygen atoms in total. The summed E-state index contributed by atoms with van der Waals surface area (Å²) >= 11 is 0. The summed E-state index contributed by atoms with van der Waals surface area (Å²) in [6.45, 7) is 0.941. The molecule has 26 heavy (non-hydrogen) atoms. The molecule has 0 saturated carbocycles. The van der Waals surface area contributed by atoms with Crippen LogP contribution in [-0.2, 0) is 22.6 Å². The van der Waals surface area contributed by atoms with Gasteiger partial charge < -0.3 is 14.7 Å². The van der Waals surface area contributed by atoms with Gasteiger partial charge in [-0.25, -0.2) is 4.79 Å². The van der Waals surface area contributed by atoms with Gasteiger partial charge in [0, 0.05) is 19.4 Å². The zero-order valence-corrected chi connectivity index (χ0v) is 14.4. The van der Waals surface area contributed by atoms with Crippen molar-refractivity contribution < 1.29 is 19.4 Å². The third-order valence-corrected chi connectivity index (χ3v) is 5.36. The summed E-state index contributed by atoms with van der Waals surface area (Å²) in [7, 11) is 0. The maximum atomic E-state index is 13.0. The minimum atomic E-state index is -0.944. The standard InChI is InChI=1S/C21H21NO4/c23-20(12-15-9-10-26-19-8-4-3-7-17(15)19)22-13-16-6-2-1-5-14(16)11-18(22)21(24)25/h1-8,15,18H,9-13H2,(H,24,25)/t15-,18+/m1/s1. The average molecular weight is 351 g/mol. The lowest BCUT2D eigenvalue weighted by atomic mass is 9.88. The first kappa shape index (κ1) is 16.6. The van der Waals surface area contributed by atoms with E-state index in [1.165, 1.54) is 4.90 Å². The predicted octanol–water partition coefficient (Wildman–Crippen LogP) is 2.98. The Hall–Kier alpha value is -2.82.